The zero-order chi connectivity index (χ0) is 13.6. The molecule has 0 aliphatic heterocycles. The van der Waals surface area contributed by atoms with Gasteiger partial charge in [0, 0.05) is 6.61 Å². The van der Waals surface area contributed by atoms with E-state index in [0.29, 0.717) is 12.2 Å². The largest absolute Gasteiger partial charge is 0.490 e. The maximum absolute atomic E-state index is 6.01. The van der Waals surface area contributed by atoms with Crippen LogP contribution in [0.3, 0.4) is 0 Å². The molecule has 2 saturated carbocycles. The van der Waals surface area contributed by atoms with Gasteiger partial charge in [-0.3, -0.25) is 0 Å². The number of benzene rings is 1. The molecule has 3 atom stereocenters. The van der Waals surface area contributed by atoms with Crippen LogP contribution in [0.25, 0.3) is 0 Å². The van der Waals surface area contributed by atoms with Gasteiger partial charge >= 0.3 is 0 Å². The van der Waals surface area contributed by atoms with Crippen molar-refractivity contribution in [1.82, 2.24) is 0 Å². The van der Waals surface area contributed by atoms with Crippen LogP contribution in [0.1, 0.15) is 44.9 Å². The van der Waals surface area contributed by atoms with Crippen LogP contribution in [0.4, 0.5) is 0 Å². The van der Waals surface area contributed by atoms with E-state index < -0.39 is 0 Å². The fourth-order valence-electron chi connectivity index (χ4n) is 3.32. The number of hydrogen-bond donors (Lipinski definition) is 0. The third-order valence-corrected chi connectivity index (χ3v) is 4.48. The molecule has 2 heteroatoms. The van der Waals surface area contributed by atoms with E-state index in [4.69, 9.17) is 9.47 Å². The second-order valence-corrected chi connectivity index (χ2v) is 6.04. The molecule has 3 unspecified atom stereocenters. The number of hydrogen-bond acceptors (Lipinski definition) is 2. The maximum atomic E-state index is 6.01. The molecule has 0 heterocycles. The first-order valence-corrected chi connectivity index (χ1v) is 7.96. The van der Waals surface area contributed by atoms with Crippen LogP contribution < -0.4 is 4.74 Å². The Labute approximate surface area is 122 Å². The highest BCUT2D eigenvalue weighted by Crippen LogP contribution is 2.31. The molecule has 0 aromatic heterocycles. The molecule has 2 radical (unpaired) electrons. The van der Waals surface area contributed by atoms with Crippen LogP contribution >= 0.6 is 0 Å². The smallest absolute Gasteiger partial charge is 0.120 e. The van der Waals surface area contributed by atoms with Gasteiger partial charge in [-0.1, -0.05) is 12.1 Å². The molecule has 20 heavy (non-hydrogen) atoms. The van der Waals surface area contributed by atoms with Gasteiger partial charge in [0.1, 0.15) is 5.75 Å². The van der Waals surface area contributed by atoms with Crippen molar-refractivity contribution in [3.05, 3.63) is 36.8 Å². The quantitative estimate of drug-likeness (QED) is 0.772. The highest BCUT2D eigenvalue weighted by Gasteiger charge is 2.26. The van der Waals surface area contributed by atoms with Crippen molar-refractivity contribution in [1.29, 1.82) is 0 Å². The van der Waals surface area contributed by atoms with Crippen molar-refractivity contribution in [3.8, 4) is 5.75 Å². The van der Waals surface area contributed by atoms with Crippen molar-refractivity contribution >= 4 is 0 Å². The average Bonchev–Trinajstić information content (AvgIpc) is 3.12. The highest BCUT2D eigenvalue weighted by molar-refractivity contribution is 5.20. The normalized spacial score (nSPS) is 27.0. The lowest BCUT2D eigenvalue weighted by Crippen LogP contribution is -2.14. The summed E-state index contributed by atoms with van der Waals surface area (Å²) in [4.78, 5) is 0. The van der Waals surface area contributed by atoms with Gasteiger partial charge in [-0.05, 0) is 75.5 Å². The van der Waals surface area contributed by atoms with E-state index in [9.17, 15) is 0 Å². The topological polar surface area (TPSA) is 18.5 Å². The van der Waals surface area contributed by atoms with Gasteiger partial charge in [0.2, 0.25) is 0 Å². The molecule has 1 aromatic carbocycles. The van der Waals surface area contributed by atoms with Crippen LogP contribution in [0.2, 0.25) is 0 Å². The van der Waals surface area contributed by atoms with Crippen molar-refractivity contribution in [2.24, 2.45) is 5.92 Å². The third-order valence-electron chi connectivity index (χ3n) is 4.48. The molecule has 1 aromatic rings. The van der Waals surface area contributed by atoms with Crippen LogP contribution in [0.5, 0.6) is 5.75 Å². The Morgan fingerprint density at radius 1 is 1.20 bits per heavy atom. The molecule has 0 N–H and O–H groups in total. The van der Waals surface area contributed by atoms with Gasteiger partial charge in [-0.25, -0.2) is 0 Å². The summed E-state index contributed by atoms with van der Waals surface area (Å²) in [6.45, 7) is 0.926. The Morgan fingerprint density at radius 3 is 3.00 bits per heavy atom. The van der Waals surface area contributed by atoms with E-state index in [1.807, 2.05) is 24.3 Å². The monoisotopic (exact) mass is 272 g/mol. The van der Waals surface area contributed by atoms with E-state index in [1.165, 1.54) is 38.5 Å². The molecule has 2 nitrogen and oxygen atoms in total. The van der Waals surface area contributed by atoms with E-state index in [1.54, 1.807) is 0 Å². The summed E-state index contributed by atoms with van der Waals surface area (Å²) >= 11 is 0. The Morgan fingerprint density at radius 2 is 2.20 bits per heavy atom. The second-order valence-electron chi connectivity index (χ2n) is 6.04. The predicted molar refractivity (Wildman–Crippen MR) is 79.5 cm³/mol. The Bertz CT molecular complexity index is 384. The predicted octanol–water partition coefficient (Wildman–Crippen LogP) is 4.20. The molecule has 2 aliphatic rings. The Balaban J connectivity index is 1.34. The minimum absolute atomic E-state index is 0.385. The molecule has 0 amide bonds. The molecule has 2 aliphatic carbocycles. The first kappa shape index (κ1) is 13.9. The molecular formula is C18H24O2. The van der Waals surface area contributed by atoms with E-state index in [2.05, 4.69) is 12.5 Å². The van der Waals surface area contributed by atoms with Crippen LogP contribution in [-0.4, -0.2) is 18.8 Å². The summed E-state index contributed by atoms with van der Waals surface area (Å²) in [6.07, 6.45) is 11.7. The lowest BCUT2D eigenvalue weighted by molar-refractivity contribution is 0.0504. The average molecular weight is 272 g/mol. The van der Waals surface area contributed by atoms with Crippen molar-refractivity contribution in [2.75, 3.05) is 6.61 Å². The fourth-order valence-corrected chi connectivity index (χ4v) is 3.32. The van der Waals surface area contributed by atoms with Crippen LogP contribution in [0.15, 0.2) is 24.3 Å². The summed E-state index contributed by atoms with van der Waals surface area (Å²) in [5.74, 6) is 1.73. The van der Waals surface area contributed by atoms with Gasteiger partial charge in [-0.15, -0.1) is 0 Å². The van der Waals surface area contributed by atoms with Crippen LogP contribution in [-0.2, 0) is 4.74 Å². The summed E-state index contributed by atoms with van der Waals surface area (Å²) in [5.41, 5.74) is 0. The van der Waals surface area contributed by atoms with E-state index in [-0.39, 0.29) is 0 Å². The molecule has 108 valence electrons. The van der Waals surface area contributed by atoms with Crippen molar-refractivity contribution < 1.29 is 9.47 Å². The minimum Gasteiger partial charge on any atom is -0.490 e. The molecule has 2 fully saturated rings. The Hall–Kier alpha value is -1.02. The second kappa shape index (κ2) is 7.12. The summed E-state index contributed by atoms with van der Waals surface area (Å²) in [6, 6.07) is 10.9. The Kier molecular flexibility index (Phi) is 4.96. The number of rotatable bonds is 6. The first-order valence-electron chi connectivity index (χ1n) is 7.96. The fraction of sp³-hybridized carbons (Fsp3) is 0.611. The molecule has 0 saturated heterocycles. The summed E-state index contributed by atoms with van der Waals surface area (Å²) in [5, 5.41) is 0. The van der Waals surface area contributed by atoms with E-state index >= 15 is 0 Å². The lowest BCUT2D eigenvalue weighted by Gasteiger charge is -2.15. The minimum atomic E-state index is 0.385. The first-order chi connectivity index (χ1) is 9.90. The zero-order valence-corrected chi connectivity index (χ0v) is 12.1. The summed E-state index contributed by atoms with van der Waals surface area (Å²) in [7, 11) is 0. The van der Waals surface area contributed by atoms with Crippen molar-refractivity contribution in [3.63, 3.8) is 0 Å². The summed E-state index contributed by atoms with van der Waals surface area (Å²) < 4.78 is 11.9. The van der Waals surface area contributed by atoms with Gasteiger partial charge in [-0.2, -0.15) is 0 Å². The molecule has 0 spiro atoms. The van der Waals surface area contributed by atoms with Gasteiger partial charge in [0.25, 0.3) is 0 Å². The standard InChI is InChI=1S/C18H24O2/c1-2-8-17(9-3-1)20-18-11-10-15(14-18)12-13-19-16-6-4-5-7-16/h1-2,4,8-9,15-16,18H,5-7,10-14H2. The van der Waals surface area contributed by atoms with Crippen molar-refractivity contribution in [2.45, 2.75) is 57.2 Å². The zero-order valence-electron chi connectivity index (χ0n) is 12.1. The highest BCUT2D eigenvalue weighted by atomic mass is 16.5. The van der Waals surface area contributed by atoms with E-state index in [0.717, 1.165) is 24.7 Å². The maximum Gasteiger partial charge on any atom is 0.120 e. The van der Waals surface area contributed by atoms with Gasteiger partial charge < -0.3 is 9.47 Å². The van der Waals surface area contributed by atoms with Crippen LogP contribution in [0, 0.1) is 18.4 Å². The van der Waals surface area contributed by atoms with Gasteiger partial charge in [0.05, 0.1) is 12.2 Å². The molecular weight excluding hydrogens is 248 g/mol. The van der Waals surface area contributed by atoms with Gasteiger partial charge in [0.15, 0.2) is 0 Å². The lowest BCUT2D eigenvalue weighted by atomic mass is 10.0. The molecule has 0 bridgehead atoms. The third kappa shape index (κ3) is 3.99. The number of ether oxygens (including phenoxy) is 2. The SMILES string of the molecule is [c]1cccc(OC2CCC(CCOC3C[CH]CC3)C2)c1. The molecule has 3 rings (SSSR count).